The maximum absolute atomic E-state index is 10.7. The predicted octanol–water partition coefficient (Wildman–Crippen LogP) is 4.93. The fourth-order valence-corrected chi connectivity index (χ4v) is 5.46. The molecule has 132 valence electrons. The molecule has 2 saturated carbocycles. The van der Waals surface area contributed by atoms with Crippen molar-refractivity contribution in [2.75, 3.05) is 0 Å². The Morgan fingerprint density at radius 1 is 1.12 bits per heavy atom. The monoisotopic (exact) mass is 330 g/mol. The van der Waals surface area contributed by atoms with E-state index in [0.717, 1.165) is 29.9 Å². The van der Waals surface area contributed by atoms with E-state index < -0.39 is 0 Å². The third kappa shape index (κ3) is 3.21. The molecule has 0 radical (unpaired) electrons. The molecule has 0 saturated heterocycles. The zero-order valence-corrected chi connectivity index (χ0v) is 15.1. The van der Waals surface area contributed by atoms with E-state index in [1.165, 1.54) is 32.1 Å². The third-order valence-electron chi connectivity index (χ3n) is 6.42. The Morgan fingerprint density at radius 2 is 1.75 bits per heavy atom. The fraction of sp³-hybridized carbons (Fsp3) is 0.700. The summed E-state index contributed by atoms with van der Waals surface area (Å²) < 4.78 is 0. The average Bonchev–Trinajstić information content (AvgIpc) is 3.21. The maximum Gasteiger partial charge on any atom is 0.269 e. The molecule has 0 heterocycles. The van der Waals surface area contributed by atoms with E-state index in [4.69, 9.17) is 0 Å². The molecule has 3 atom stereocenters. The van der Waals surface area contributed by atoms with E-state index in [0.29, 0.717) is 11.5 Å². The smallest absolute Gasteiger partial charge is 0.269 e. The van der Waals surface area contributed by atoms with Crippen LogP contribution in [-0.2, 0) is 6.54 Å². The summed E-state index contributed by atoms with van der Waals surface area (Å²) in [5, 5.41) is 14.4. The van der Waals surface area contributed by atoms with Gasteiger partial charge in [0, 0.05) is 24.7 Å². The first kappa shape index (κ1) is 17.4. The highest BCUT2D eigenvalue weighted by Gasteiger charge is 2.65. The summed E-state index contributed by atoms with van der Waals surface area (Å²) in [5.74, 6) is 2.41. The highest BCUT2D eigenvalue weighted by Crippen LogP contribution is 2.69. The number of rotatable bonds is 6. The highest BCUT2D eigenvalue weighted by molar-refractivity contribution is 5.32. The molecule has 3 unspecified atom stereocenters. The van der Waals surface area contributed by atoms with Crippen molar-refractivity contribution in [3.63, 3.8) is 0 Å². The molecule has 0 amide bonds. The van der Waals surface area contributed by atoms with Gasteiger partial charge in [0.15, 0.2) is 0 Å². The molecule has 2 aliphatic rings. The van der Waals surface area contributed by atoms with Gasteiger partial charge in [-0.3, -0.25) is 10.1 Å². The summed E-state index contributed by atoms with van der Waals surface area (Å²) in [6, 6.07) is 7.42. The lowest BCUT2D eigenvalue weighted by Gasteiger charge is -2.26. The van der Waals surface area contributed by atoms with Gasteiger partial charge in [-0.2, -0.15) is 0 Å². The van der Waals surface area contributed by atoms with Gasteiger partial charge in [0.25, 0.3) is 5.69 Å². The van der Waals surface area contributed by atoms with Crippen molar-refractivity contribution in [2.24, 2.45) is 23.2 Å². The zero-order valence-electron chi connectivity index (χ0n) is 15.1. The first-order chi connectivity index (χ1) is 11.5. The van der Waals surface area contributed by atoms with Crippen LogP contribution in [0.2, 0.25) is 0 Å². The average molecular weight is 330 g/mol. The van der Waals surface area contributed by atoms with Crippen molar-refractivity contribution >= 4 is 5.69 Å². The number of nitro benzene ring substituents is 1. The van der Waals surface area contributed by atoms with E-state index in [2.05, 4.69) is 26.1 Å². The Bertz CT molecular complexity index is 576. The minimum atomic E-state index is -0.343. The van der Waals surface area contributed by atoms with Crippen molar-refractivity contribution in [3.05, 3.63) is 39.9 Å². The summed E-state index contributed by atoms with van der Waals surface area (Å²) in [6.07, 6.45) is 7.02. The van der Waals surface area contributed by atoms with Crippen LogP contribution in [-0.4, -0.2) is 11.0 Å². The maximum atomic E-state index is 10.7. The molecule has 1 aromatic rings. The van der Waals surface area contributed by atoms with E-state index in [1.807, 2.05) is 12.1 Å². The lowest BCUT2D eigenvalue weighted by molar-refractivity contribution is -0.384. The molecule has 1 N–H and O–H groups in total. The van der Waals surface area contributed by atoms with E-state index in [1.54, 1.807) is 12.1 Å². The van der Waals surface area contributed by atoms with Gasteiger partial charge >= 0.3 is 0 Å². The van der Waals surface area contributed by atoms with Crippen LogP contribution in [0.25, 0.3) is 0 Å². The fourth-order valence-electron chi connectivity index (χ4n) is 5.46. The van der Waals surface area contributed by atoms with E-state index in [-0.39, 0.29) is 10.6 Å². The van der Waals surface area contributed by atoms with Crippen LogP contribution in [0.15, 0.2) is 24.3 Å². The SMILES string of the molecule is CC(C)C1C(C(C)NCc2ccc([N+](=O)[O-])cc2)C12CCCCC2. The topological polar surface area (TPSA) is 55.2 Å². The number of benzene rings is 1. The normalized spacial score (nSPS) is 26.5. The Balaban J connectivity index is 1.60. The van der Waals surface area contributed by atoms with Crippen molar-refractivity contribution in [2.45, 2.75) is 65.5 Å². The second kappa shape index (κ2) is 6.83. The van der Waals surface area contributed by atoms with Crippen molar-refractivity contribution in [1.82, 2.24) is 5.32 Å². The van der Waals surface area contributed by atoms with Gasteiger partial charge in [-0.1, -0.05) is 45.2 Å². The highest BCUT2D eigenvalue weighted by atomic mass is 16.6. The van der Waals surface area contributed by atoms with Crippen LogP contribution < -0.4 is 5.32 Å². The molecule has 0 aliphatic heterocycles. The first-order valence-corrected chi connectivity index (χ1v) is 9.42. The number of hydrogen-bond acceptors (Lipinski definition) is 3. The molecule has 0 aromatic heterocycles. The van der Waals surface area contributed by atoms with Gasteiger partial charge in [-0.05, 0) is 48.5 Å². The summed E-state index contributed by atoms with van der Waals surface area (Å²) >= 11 is 0. The number of nitrogens with zero attached hydrogens (tertiary/aromatic N) is 1. The number of hydrogen-bond donors (Lipinski definition) is 1. The molecular weight excluding hydrogens is 300 g/mol. The molecule has 4 nitrogen and oxygen atoms in total. The summed E-state index contributed by atoms with van der Waals surface area (Å²) in [7, 11) is 0. The zero-order chi connectivity index (χ0) is 17.3. The molecule has 1 spiro atoms. The standard InChI is InChI=1S/C20H30N2O2/c1-14(2)18-19(20(18)11-5-4-6-12-20)15(3)21-13-16-7-9-17(10-8-16)22(23)24/h7-10,14-15,18-19,21H,4-6,11-13H2,1-3H3. The molecule has 3 rings (SSSR count). The molecule has 1 aromatic carbocycles. The largest absolute Gasteiger partial charge is 0.310 e. The van der Waals surface area contributed by atoms with E-state index >= 15 is 0 Å². The Kier molecular flexibility index (Phi) is 4.95. The van der Waals surface area contributed by atoms with Crippen LogP contribution in [0.1, 0.15) is 58.4 Å². The van der Waals surface area contributed by atoms with E-state index in [9.17, 15) is 10.1 Å². The quantitative estimate of drug-likeness (QED) is 0.594. The molecule has 0 bridgehead atoms. The minimum Gasteiger partial charge on any atom is -0.310 e. The minimum absolute atomic E-state index is 0.162. The van der Waals surface area contributed by atoms with Gasteiger partial charge < -0.3 is 5.32 Å². The van der Waals surface area contributed by atoms with Gasteiger partial charge in [-0.15, -0.1) is 0 Å². The molecular formula is C20H30N2O2. The van der Waals surface area contributed by atoms with Crippen LogP contribution in [0, 0.1) is 33.3 Å². The number of nitrogens with one attached hydrogen (secondary N) is 1. The van der Waals surface area contributed by atoms with Gasteiger partial charge in [0.05, 0.1) is 4.92 Å². The lowest BCUT2D eigenvalue weighted by Crippen LogP contribution is -2.30. The van der Waals surface area contributed by atoms with Crippen LogP contribution in [0.4, 0.5) is 5.69 Å². The van der Waals surface area contributed by atoms with Gasteiger partial charge in [-0.25, -0.2) is 0 Å². The second-order valence-corrected chi connectivity index (χ2v) is 8.18. The van der Waals surface area contributed by atoms with Crippen LogP contribution >= 0.6 is 0 Å². The molecule has 24 heavy (non-hydrogen) atoms. The van der Waals surface area contributed by atoms with Gasteiger partial charge in [0.2, 0.25) is 0 Å². The molecule has 2 fully saturated rings. The second-order valence-electron chi connectivity index (χ2n) is 8.18. The van der Waals surface area contributed by atoms with Gasteiger partial charge in [0.1, 0.15) is 0 Å². The summed E-state index contributed by atoms with van der Waals surface area (Å²) in [6.45, 7) is 7.87. The predicted molar refractivity (Wildman–Crippen MR) is 96.7 cm³/mol. The molecule has 2 aliphatic carbocycles. The number of nitro groups is 1. The van der Waals surface area contributed by atoms with Crippen LogP contribution in [0.3, 0.4) is 0 Å². The van der Waals surface area contributed by atoms with Crippen LogP contribution in [0.5, 0.6) is 0 Å². The lowest BCUT2D eigenvalue weighted by atomic mass is 9.81. The third-order valence-corrected chi connectivity index (χ3v) is 6.42. The number of non-ortho nitro benzene ring substituents is 1. The molecule has 4 heteroatoms. The Morgan fingerprint density at radius 3 is 2.29 bits per heavy atom. The Labute approximate surface area is 145 Å². The van der Waals surface area contributed by atoms with Crippen molar-refractivity contribution < 1.29 is 4.92 Å². The summed E-state index contributed by atoms with van der Waals surface area (Å²) in [5.41, 5.74) is 1.87. The summed E-state index contributed by atoms with van der Waals surface area (Å²) in [4.78, 5) is 10.4. The van der Waals surface area contributed by atoms with Crippen molar-refractivity contribution in [3.8, 4) is 0 Å². The van der Waals surface area contributed by atoms with Crippen molar-refractivity contribution in [1.29, 1.82) is 0 Å². The first-order valence-electron chi connectivity index (χ1n) is 9.42. The Hall–Kier alpha value is -1.42.